The zero-order valence-electron chi connectivity index (χ0n) is 17.1. The van der Waals surface area contributed by atoms with Gasteiger partial charge >= 0.3 is 5.97 Å². The third-order valence-corrected chi connectivity index (χ3v) is 5.65. The number of rotatable bonds is 5. The summed E-state index contributed by atoms with van der Waals surface area (Å²) in [6.07, 6.45) is 5.95. The number of hydrogen-bond donors (Lipinski definition) is 0. The van der Waals surface area contributed by atoms with Gasteiger partial charge < -0.3 is 4.74 Å². The lowest BCUT2D eigenvalue weighted by atomic mass is 10.0. The van der Waals surface area contributed by atoms with Crippen molar-refractivity contribution in [2.75, 3.05) is 7.11 Å². The van der Waals surface area contributed by atoms with Crippen molar-refractivity contribution in [2.24, 2.45) is 0 Å². The number of aromatic nitrogens is 3. The molecule has 0 unspecified atom stereocenters. The zero-order chi connectivity index (χ0) is 21.4. The average Bonchev–Trinajstić information content (AvgIpc) is 3.65. The number of ether oxygens (including phenoxy) is 1. The van der Waals surface area contributed by atoms with Crippen LogP contribution in [0.25, 0.3) is 16.7 Å². The van der Waals surface area contributed by atoms with E-state index in [2.05, 4.69) is 9.97 Å². The number of benzene rings is 2. The molecule has 31 heavy (non-hydrogen) atoms. The van der Waals surface area contributed by atoms with Crippen molar-refractivity contribution in [3.8, 4) is 5.69 Å². The number of carbonyl (C=O) groups is 1. The number of pyridine rings is 1. The van der Waals surface area contributed by atoms with Gasteiger partial charge in [-0.15, -0.1) is 0 Å². The number of carbonyl (C=O) groups excluding carboxylic acids is 1. The van der Waals surface area contributed by atoms with Gasteiger partial charge in [-0.3, -0.25) is 14.3 Å². The minimum Gasteiger partial charge on any atom is -0.465 e. The number of nitrogens with zero attached hydrogens (tertiary/aromatic N) is 3. The van der Waals surface area contributed by atoms with Gasteiger partial charge in [0.15, 0.2) is 0 Å². The lowest BCUT2D eigenvalue weighted by Crippen LogP contribution is -2.18. The van der Waals surface area contributed by atoms with Crippen LogP contribution in [0.2, 0.25) is 0 Å². The first-order valence-corrected chi connectivity index (χ1v) is 10.3. The number of para-hydroxylation sites is 1. The molecule has 2 aromatic heterocycles. The first-order chi connectivity index (χ1) is 15.1. The van der Waals surface area contributed by atoms with Crippen LogP contribution in [0.3, 0.4) is 0 Å². The number of hydrogen-bond acceptors (Lipinski definition) is 5. The lowest BCUT2D eigenvalue weighted by molar-refractivity contribution is 0.0599. The third-order valence-electron chi connectivity index (χ3n) is 5.65. The van der Waals surface area contributed by atoms with Gasteiger partial charge in [-0.05, 0) is 60.2 Å². The Morgan fingerprint density at radius 3 is 2.61 bits per heavy atom. The Kier molecular flexibility index (Phi) is 4.82. The highest BCUT2D eigenvalue weighted by Crippen LogP contribution is 2.40. The van der Waals surface area contributed by atoms with Gasteiger partial charge in [-0.2, -0.15) is 0 Å². The van der Waals surface area contributed by atoms with Gasteiger partial charge in [0, 0.05) is 18.3 Å². The SMILES string of the molecule is COC(=O)c1cc(C2CC2)cnc1Cc1ccc2c(c1)ncc(=O)n2-c1ccccc1. The van der Waals surface area contributed by atoms with Gasteiger partial charge in [0.05, 0.1) is 35.6 Å². The lowest BCUT2D eigenvalue weighted by Gasteiger charge is -2.12. The van der Waals surface area contributed by atoms with E-state index in [-0.39, 0.29) is 11.5 Å². The Morgan fingerprint density at radius 2 is 1.87 bits per heavy atom. The van der Waals surface area contributed by atoms with Crippen molar-refractivity contribution in [3.63, 3.8) is 0 Å². The molecular formula is C25H21N3O3. The highest BCUT2D eigenvalue weighted by molar-refractivity contribution is 5.91. The molecule has 154 valence electrons. The maximum absolute atomic E-state index is 12.5. The summed E-state index contributed by atoms with van der Waals surface area (Å²) < 4.78 is 6.64. The van der Waals surface area contributed by atoms with Crippen LogP contribution in [-0.4, -0.2) is 27.6 Å². The van der Waals surface area contributed by atoms with E-state index in [0.29, 0.717) is 29.1 Å². The molecule has 1 aliphatic rings. The average molecular weight is 411 g/mol. The van der Waals surface area contributed by atoms with Crippen molar-refractivity contribution in [1.82, 2.24) is 14.5 Å². The smallest absolute Gasteiger partial charge is 0.339 e. The summed E-state index contributed by atoms with van der Waals surface area (Å²) in [5, 5.41) is 0. The van der Waals surface area contributed by atoms with E-state index < -0.39 is 0 Å². The van der Waals surface area contributed by atoms with Crippen LogP contribution < -0.4 is 5.56 Å². The van der Waals surface area contributed by atoms with Crippen molar-refractivity contribution in [2.45, 2.75) is 25.2 Å². The van der Waals surface area contributed by atoms with E-state index >= 15 is 0 Å². The molecule has 2 aromatic carbocycles. The summed E-state index contributed by atoms with van der Waals surface area (Å²) in [6.45, 7) is 0. The van der Waals surface area contributed by atoms with E-state index in [1.54, 1.807) is 4.57 Å². The van der Waals surface area contributed by atoms with Crippen molar-refractivity contribution >= 4 is 17.0 Å². The summed E-state index contributed by atoms with van der Waals surface area (Å²) in [4.78, 5) is 33.8. The maximum Gasteiger partial charge on any atom is 0.339 e. The van der Waals surface area contributed by atoms with E-state index in [1.165, 1.54) is 13.3 Å². The monoisotopic (exact) mass is 411 g/mol. The van der Waals surface area contributed by atoms with Crippen LogP contribution in [0.4, 0.5) is 0 Å². The molecule has 1 saturated carbocycles. The van der Waals surface area contributed by atoms with Crippen LogP contribution in [0.1, 0.15) is 45.9 Å². The molecule has 4 aromatic rings. The molecule has 0 bridgehead atoms. The molecule has 1 fully saturated rings. The highest BCUT2D eigenvalue weighted by Gasteiger charge is 2.26. The summed E-state index contributed by atoms with van der Waals surface area (Å²) in [5.74, 6) is 0.131. The Morgan fingerprint density at radius 1 is 1.06 bits per heavy atom. The first kappa shape index (κ1) is 19.2. The van der Waals surface area contributed by atoms with Gasteiger partial charge in [0.1, 0.15) is 0 Å². The van der Waals surface area contributed by atoms with Crippen molar-refractivity contribution < 1.29 is 9.53 Å². The summed E-state index contributed by atoms with van der Waals surface area (Å²) in [7, 11) is 1.39. The Balaban J connectivity index is 1.54. The normalized spacial score (nSPS) is 13.3. The summed E-state index contributed by atoms with van der Waals surface area (Å²) in [6, 6.07) is 17.2. The van der Waals surface area contributed by atoms with Crippen LogP contribution in [0.5, 0.6) is 0 Å². The van der Waals surface area contributed by atoms with Crippen LogP contribution in [-0.2, 0) is 11.2 Å². The molecule has 6 heteroatoms. The molecule has 6 nitrogen and oxygen atoms in total. The van der Waals surface area contributed by atoms with E-state index in [4.69, 9.17) is 4.74 Å². The molecular weight excluding hydrogens is 390 g/mol. The standard InChI is InChI=1S/C25H21N3O3/c1-31-25(30)20-13-18(17-8-9-17)14-26-21(20)11-16-7-10-23-22(12-16)27-15-24(29)28(23)19-5-3-2-4-6-19/h2-7,10,12-15,17H,8-9,11H2,1H3. The number of methoxy groups -OCH3 is 1. The molecule has 0 radical (unpaired) electrons. The summed E-state index contributed by atoms with van der Waals surface area (Å²) in [5.41, 5.74) is 5.27. The number of esters is 1. The Bertz CT molecular complexity index is 1340. The quantitative estimate of drug-likeness (QED) is 0.464. The zero-order valence-corrected chi connectivity index (χ0v) is 17.1. The molecule has 0 saturated heterocycles. The van der Waals surface area contributed by atoms with Gasteiger partial charge in [-0.25, -0.2) is 9.78 Å². The summed E-state index contributed by atoms with van der Waals surface area (Å²) >= 11 is 0. The topological polar surface area (TPSA) is 74.1 Å². The van der Waals surface area contributed by atoms with Crippen molar-refractivity contribution in [3.05, 3.63) is 99.7 Å². The predicted octanol–water partition coefficient (Wildman–Crippen LogP) is 4.04. The second kappa shape index (κ2) is 7.80. The molecule has 0 spiro atoms. The minimum absolute atomic E-state index is 0.184. The largest absolute Gasteiger partial charge is 0.465 e. The maximum atomic E-state index is 12.5. The second-order valence-electron chi connectivity index (χ2n) is 7.80. The predicted molar refractivity (Wildman–Crippen MR) is 118 cm³/mol. The van der Waals surface area contributed by atoms with Crippen LogP contribution >= 0.6 is 0 Å². The van der Waals surface area contributed by atoms with Gasteiger partial charge in [-0.1, -0.05) is 24.3 Å². The van der Waals surface area contributed by atoms with Gasteiger partial charge in [0.2, 0.25) is 0 Å². The van der Waals surface area contributed by atoms with E-state index in [0.717, 1.165) is 35.2 Å². The second-order valence-corrected chi connectivity index (χ2v) is 7.80. The Hall–Kier alpha value is -3.80. The fourth-order valence-electron chi connectivity index (χ4n) is 3.89. The molecule has 5 rings (SSSR count). The van der Waals surface area contributed by atoms with Crippen LogP contribution in [0.15, 0.2) is 71.8 Å². The van der Waals surface area contributed by atoms with Crippen LogP contribution in [0, 0.1) is 0 Å². The van der Waals surface area contributed by atoms with E-state index in [1.807, 2.05) is 60.8 Å². The first-order valence-electron chi connectivity index (χ1n) is 10.3. The van der Waals surface area contributed by atoms with Gasteiger partial charge in [0.25, 0.3) is 5.56 Å². The third kappa shape index (κ3) is 3.72. The minimum atomic E-state index is -0.373. The number of fused-ring (bicyclic) bond motifs is 1. The fourth-order valence-corrected chi connectivity index (χ4v) is 3.89. The Labute approximate surface area is 179 Å². The molecule has 0 N–H and O–H groups in total. The molecule has 1 aliphatic carbocycles. The molecule has 0 atom stereocenters. The molecule has 0 aliphatic heterocycles. The van der Waals surface area contributed by atoms with Crippen molar-refractivity contribution in [1.29, 1.82) is 0 Å². The molecule has 2 heterocycles. The highest BCUT2D eigenvalue weighted by atomic mass is 16.5. The fraction of sp³-hybridized carbons (Fsp3) is 0.200. The van der Waals surface area contributed by atoms with E-state index in [9.17, 15) is 9.59 Å². The molecule has 0 amide bonds.